The molecule has 10 nitrogen and oxygen atoms in total. The number of nitrogens with one attached hydrogen (secondary N) is 2. The molecule has 0 aromatic heterocycles. The monoisotopic (exact) mass is 701 g/mol. The van der Waals surface area contributed by atoms with Crippen LogP contribution in [-0.4, -0.2) is 63.2 Å². The van der Waals surface area contributed by atoms with E-state index in [0.29, 0.717) is 17.5 Å². The Hall–Kier alpha value is -4.86. The third-order valence-corrected chi connectivity index (χ3v) is 8.22. The molecule has 10 heteroatoms. The van der Waals surface area contributed by atoms with Gasteiger partial charge in [-0.2, -0.15) is 0 Å². The molecule has 0 heterocycles. The average Bonchev–Trinajstić information content (AvgIpc) is 3.02. The summed E-state index contributed by atoms with van der Waals surface area (Å²) in [5.74, 6) is -1.62. The van der Waals surface area contributed by atoms with Crippen LogP contribution in [0.3, 0.4) is 0 Å². The lowest BCUT2D eigenvalue weighted by molar-refractivity contribution is -0.159. The zero-order valence-corrected chi connectivity index (χ0v) is 31.7. The molecular formula is C41H55N3O7. The number of hydrogen-bond donors (Lipinski definition) is 3. The number of phenolic OH excluding ortho intramolecular Hbond substituents is 1. The molecule has 0 aliphatic rings. The number of amides is 3. The number of nitrogens with zero attached hydrogens (tertiary/aromatic N) is 1. The first-order valence-electron chi connectivity index (χ1n) is 17.5. The van der Waals surface area contributed by atoms with Gasteiger partial charge in [0.25, 0.3) is 0 Å². The molecule has 0 radical (unpaired) electrons. The van der Waals surface area contributed by atoms with Gasteiger partial charge in [-0.3, -0.25) is 9.59 Å². The summed E-state index contributed by atoms with van der Waals surface area (Å²) in [4.78, 5) is 58.1. The van der Waals surface area contributed by atoms with E-state index in [1.54, 1.807) is 53.7 Å². The number of aromatic hydroxyl groups is 1. The number of benzene rings is 3. The molecule has 4 atom stereocenters. The van der Waals surface area contributed by atoms with Gasteiger partial charge in [0.1, 0.15) is 35.1 Å². The Morgan fingerprint density at radius 2 is 1.33 bits per heavy atom. The lowest BCUT2D eigenvalue weighted by Crippen LogP contribution is -2.57. The van der Waals surface area contributed by atoms with Crippen molar-refractivity contribution in [2.45, 2.75) is 124 Å². The van der Waals surface area contributed by atoms with Gasteiger partial charge in [0.15, 0.2) is 0 Å². The average molecular weight is 702 g/mol. The van der Waals surface area contributed by atoms with E-state index in [-0.39, 0.29) is 18.6 Å². The molecule has 3 aromatic rings. The van der Waals surface area contributed by atoms with Crippen LogP contribution in [0, 0.1) is 13.8 Å². The highest BCUT2D eigenvalue weighted by Gasteiger charge is 2.41. The summed E-state index contributed by atoms with van der Waals surface area (Å²) in [7, 11) is 0. The lowest BCUT2D eigenvalue weighted by atomic mass is 9.93. The molecule has 51 heavy (non-hydrogen) atoms. The van der Waals surface area contributed by atoms with E-state index < -0.39 is 59.2 Å². The Morgan fingerprint density at radius 1 is 0.765 bits per heavy atom. The smallest absolute Gasteiger partial charge is 0.408 e. The molecule has 0 saturated heterocycles. The molecule has 3 rings (SSSR count). The first-order chi connectivity index (χ1) is 23.8. The zero-order chi connectivity index (χ0) is 38.1. The minimum atomic E-state index is -1.18. The highest BCUT2D eigenvalue weighted by atomic mass is 16.6. The van der Waals surface area contributed by atoms with Gasteiger partial charge in [0, 0.05) is 18.9 Å². The Kier molecular flexibility index (Phi) is 13.8. The highest BCUT2D eigenvalue weighted by molar-refractivity contribution is 5.94. The summed E-state index contributed by atoms with van der Waals surface area (Å²) in [5.41, 5.74) is 2.19. The molecule has 0 fully saturated rings. The van der Waals surface area contributed by atoms with Gasteiger partial charge in [-0.1, -0.05) is 73.2 Å². The number of aryl methyl sites for hydroxylation is 2. The molecule has 0 aliphatic heterocycles. The SMILES string of the molecule is CCC(C)N(C(=O)C(Cc1ccc(O)cc1)NC(=O)OC(C)(C)C)C(C(=O)NC(Cc1ccccc1)C(=O)OC(C)(C)C)c1ccc(C)cc1C. The van der Waals surface area contributed by atoms with Crippen LogP contribution in [0.5, 0.6) is 5.75 Å². The van der Waals surface area contributed by atoms with Crippen molar-refractivity contribution in [3.8, 4) is 5.75 Å². The second-order valence-electron chi connectivity index (χ2n) is 15.1. The molecule has 3 N–H and O–H groups in total. The van der Waals surface area contributed by atoms with Crippen LogP contribution >= 0.6 is 0 Å². The van der Waals surface area contributed by atoms with Crippen molar-refractivity contribution < 1.29 is 33.8 Å². The van der Waals surface area contributed by atoms with Crippen LogP contribution in [0.2, 0.25) is 0 Å². The largest absolute Gasteiger partial charge is 0.508 e. The first-order valence-corrected chi connectivity index (χ1v) is 17.5. The quantitative estimate of drug-likeness (QED) is 0.165. The van der Waals surface area contributed by atoms with Crippen LogP contribution in [-0.2, 0) is 36.7 Å². The molecule has 0 saturated carbocycles. The molecule has 3 amide bonds. The summed E-state index contributed by atoms with van der Waals surface area (Å²) in [6.07, 6.45) is -0.0781. The van der Waals surface area contributed by atoms with E-state index in [9.17, 15) is 24.3 Å². The maximum atomic E-state index is 14.9. The molecule has 3 aromatic carbocycles. The summed E-state index contributed by atoms with van der Waals surface area (Å²) >= 11 is 0. The molecule has 276 valence electrons. The molecule has 0 aliphatic carbocycles. The molecule has 4 unspecified atom stereocenters. The van der Waals surface area contributed by atoms with Crippen LogP contribution in [0.25, 0.3) is 0 Å². The van der Waals surface area contributed by atoms with Crippen molar-refractivity contribution in [1.29, 1.82) is 0 Å². The molecule has 0 spiro atoms. The van der Waals surface area contributed by atoms with Crippen LogP contribution in [0.1, 0.15) is 95.7 Å². The number of ether oxygens (including phenoxy) is 2. The Bertz CT molecular complexity index is 1640. The van der Waals surface area contributed by atoms with E-state index in [4.69, 9.17) is 9.47 Å². The van der Waals surface area contributed by atoms with Crippen molar-refractivity contribution in [2.75, 3.05) is 0 Å². The van der Waals surface area contributed by atoms with Gasteiger partial charge in [0.2, 0.25) is 11.8 Å². The van der Waals surface area contributed by atoms with Gasteiger partial charge >= 0.3 is 12.1 Å². The maximum Gasteiger partial charge on any atom is 0.408 e. The van der Waals surface area contributed by atoms with Crippen molar-refractivity contribution in [1.82, 2.24) is 15.5 Å². The van der Waals surface area contributed by atoms with Crippen molar-refractivity contribution >= 4 is 23.9 Å². The highest BCUT2D eigenvalue weighted by Crippen LogP contribution is 2.30. The van der Waals surface area contributed by atoms with E-state index in [1.165, 1.54) is 17.0 Å². The van der Waals surface area contributed by atoms with E-state index >= 15 is 0 Å². The first kappa shape index (κ1) is 40.6. The summed E-state index contributed by atoms with van der Waals surface area (Å²) in [6.45, 7) is 18.1. The number of carbonyl (C=O) groups is 4. The fraction of sp³-hybridized carbons (Fsp3) is 0.463. The second kappa shape index (κ2) is 17.4. The third kappa shape index (κ3) is 12.5. The van der Waals surface area contributed by atoms with E-state index in [1.807, 2.05) is 76.2 Å². The van der Waals surface area contributed by atoms with Crippen LogP contribution in [0.15, 0.2) is 72.8 Å². The fourth-order valence-corrected chi connectivity index (χ4v) is 5.71. The van der Waals surface area contributed by atoms with Gasteiger partial charge < -0.3 is 30.1 Å². The molecule has 0 bridgehead atoms. The standard InChI is InChI=1S/C41H55N3O7/c1-11-28(4)44(37(47)33(43-39(49)51-41(8,9)10)24-30-18-20-31(45)21-19-30)35(32-22-17-26(2)23-27(32)3)36(46)42-34(38(48)50-40(5,6)7)25-29-15-13-12-14-16-29/h12-23,28,33-35,45H,11,24-25H2,1-10H3,(H,42,46)(H,43,49). The number of esters is 1. The van der Waals surface area contributed by atoms with Gasteiger partial charge in [0.05, 0.1) is 0 Å². The predicted octanol–water partition coefficient (Wildman–Crippen LogP) is 6.88. The summed E-state index contributed by atoms with van der Waals surface area (Å²) < 4.78 is 11.3. The number of phenols is 1. The maximum absolute atomic E-state index is 14.9. The Balaban J connectivity index is 2.16. The van der Waals surface area contributed by atoms with E-state index in [2.05, 4.69) is 10.6 Å². The lowest BCUT2D eigenvalue weighted by Gasteiger charge is -2.39. The number of hydrogen-bond acceptors (Lipinski definition) is 7. The third-order valence-electron chi connectivity index (χ3n) is 8.22. The van der Waals surface area contributed by atoms with Crippen molar-refractivity contribution in [3.05, 3.63) is 101 Å². The Labute approximate surface area is 302 Å². The summed E-state index contributed by atoms with van der Waals surface area (Å²) in [6, 6.07) is 17.5. The minimum absolute atomic E-state index is 0.0566. The topological polar surface area (TPSA) is 134 Å². The minimum Gasteiger partial charge on any atom is -0.508 e. The normalized spacial score (nSPS) is 14.0. The van der Waals surface area contributed by atoms with Crippen molar-refractivity contribution in [2.24, 2.45) is 0 Å². The number of alkyl carbamates (subject to hydrolysis) is 1. The van der Waals surface area contributed by atoms with Gasteiger partial charge in [-0.15, -0.1) is 0 Å². The van der Waals surface area contributed by atoms with E-state index in [0.717, 1.165) is 16.7 Å². The van der Waals surface area contributed by atoms with Crippen LogP contribution in [0.4, 0.5) is 4.79 Å². The summed E-state index contributed by atoms with van der Waals surface area (Å²) in [5, 5.41) is 15.6. The second-order valence-corrected chi connectivity index (χ2v) is 15.1. The zero-order valence-electron chi connectivity index (χ0n) is 31.7. The van der Waals surface area contributed by atoms with Gasteiger partial charge in [-0.25, -0.2) is 9.59 Å². The van der Waals surface area contributed by atoms with Gasteiger partial charge in [-0.05, 0) is 103 Å². The molecular weight excluding hydrogens is 646 g/mol. The number of carbonyl (C=O) groups excluding carboxylic acids is 4. The van der Waals surface area contributed by atoms with Crippen LogP contribution < -0.4 is 10.6 Å². The Morgan fingerprint density at radius 3 is 1.88 bits per heavy atom. The fourth-order valence-electron chi connectivity index (χ4n) is 5.71. The predicted molar refractivity (Wildman–Crippen MR) is 198 cm³/mol. The van der Waals surface area contributed by atoms with Crippen molar-refractivity contribution in [3.63, 3.8) is 0 Å². The number of rotatable bonds is 13.